The van der Waals surface area contributed by atoms with Gasteiger partial charge in [0.2, 0.25) is 0 Å². The van der Waals surface area contributed by atoms with E-state index in [1.165, 1.54) is 107 Å². The van der Waals surface area contributed by atoms with E-state index in [0.29, 0.717) is 41.7 Å². The van der Waals surface area contributed by atoms with Gasteiger partial charge in [-0.05, 0) is 266 Å². The molecule has 11 aliphatic carbocycles. The molecule has 22 heteroatoms. The van der Waals surface area contributed by atoms with E-state index in [1.807, 2.05) is 34.6 Å². The van der Waals surface area contributed by atoms with E-state index < -0.39 is 19.5 Å². The average Bonchev–Trinajstić information content (AvgIpc) is 1.59. The molecule has 5 saturated carbocycles. The number of hydrogen-bond acceptors (Lipinski definition) is 16. The third-order valence-electron chi connectivity index (χ3n) is 29.6. The van der Waals surface area contributed by atoms with E-state index in [2.05, 4.69) is 231 Å². The predicted octanol–water partition coefficient (Wildman–Crippen LogP) is 19.5. The number of benzene rings is 6. The first kappa shape index (κ1) is 109. The molecule has 0 amide bonds. The van der Waals surface area contributed by atoms with Gasteiger partial charge in [-0.3, -0.25) is 23.7 Å². The minimum Gasteiger partial charge on any atom is -1.00 e. The first-order chi connectivity index (χ1) is 61.9. The second-order valence-corrected chi connectivity index (χ2v) is 40.4. The molecule has 2 N–H and O–H groups in total. The predicted molar refractivity (Wildman–Crippen MR) is 525 cm³/mol. The van der Waals surface area contributed by atoms with Crippen LogP contribution in [-0.4, -0.2) is 128 Å². The van der Waals surface area contributed by atoms with Crippen molar-refractivity contribution in [3.63, 3.8) is 0 Å². The molecule has 131 heavy (non-hydrogen) atoms. The number of aryl methyl sites for hydroxylation is 2. The number of Topliss-reactive ketones (excluding diaryl/α,β-unsaturated/α-hetero) is 1. The van der Waals surface area contributed by atoms with E-state index in [-0.39, 0.29) is 136 Å². The van der Waals surface area contributed by atoms with Crippen LogP contribution in [0.25, 0.3) is 24.3 Å². The van der Waals surface area contributed by atoms with E-state index in [4.69, 9.17) is 42.6 Å². The zero-order valence-corrected chi connectivity index (χ0v) is 85.6. The van der Waals surface area contributed by atoms with Crippen LogP contribution in [-0.2, 0) is 117 Å². The quantitative estimate of drug-likeness (QED) is 0.0210. The summed E-state index contributed by atoms with van der Waals surface area (Å²) in [5, 5.41) is 11.0. The van der Waals surface area contributed by atoms with Gasteiger partial charge < -0.3 is 54.2 Å². The van der Waals surface area contributed by atoms with Crippen LogP contribution in [0.4, 0.5) is 0 Å². The van der Waals surface area contributed by atoms with Gasteiger partial charge in [-0.2, -0.15) is 0 Å². The number of carbonyl (C=O) groups excluding carboxylic acids is 4. The van der Waals surface area contributed by atoms with Crippen molar-refractivity contribution in [3.8, 4) is 0 Å². The van der Waals surface area contributed by atoms with Crippen LogP contribution >= 0.6 is 39.5 Å². The molecular formula is C109H144Br2LiNaO17P+. The standard InChI is InChI=1S/C19H26O2.C19H22O2.C17H22O2.C16H18O2.C14H14O.C9H8.C8H17O5P.C7H12Br2O2.Li.Na.H2O.H2.H/c2*1-3-21-18(20)14(2)15-8-11-19(12-9-15)13-10-16-6-4-5-7-17(16)19;1-12(16(18)19)13-6-9-17(10-7-13)11-8-14-4-2-3-5-15(14)17;1-2-4-14-13(3-1)5-6-15(14)7-9-16(10-8-15)17-11-12-18-16;15-12-6-9-14(10-7-12)8-5-11-3-1-2-4-13(11)14;1-2-5-9-7-3-6-8(9)4-1;1-4-11-8(9)7-14(10,12-5-2)13-6-3;8-3-1-7(2-4-9)10-5-6-11-7;;;;;/h4-7,14-15H,3,8-13H2,1-2H3;4-7,10,13H,3,8-9,11-12H2,1-2H3;2-5,12-13H,6-11H2,1H3,(H,18,19);1-6H,7-12H2;1-5,8H,6-7,9-10H2;1-6H,7H2;4-7H2,1-3H3;1-6H2;;;1H2;1H;/q;;;;;;;;2*+1;;;-1. The molecule has 2 heterocycles. The second kappa shape index (κ2) is 51.5. The fourth-order valence-electron chi connectivity index (χ4n) is 22.1. The number of carboxylic acids is 1. The Hall–Kier alpha value is -5.92. The van der Waals surface area contributed by atoms with Gasteiger partial charge in [0.05, 0.1) is 71.3 Å². The summed E-state index contributed by atoms with van der Waals surface area (Å²) in [4.78, 5) is 57.2. The maximum Gasteiger partial charge on any atom is 1.00 e. The number of hydrogen-bond donors (Lipinski definition) is 1. The molecule has 0 aromatic heterocycles. The largest absolute Gasteiger partial charge is 1.00 e. The molecule has 2 aliphatic heterocycles. The van der Waals surface area contributed by atoms with Crippen molar-refractivity contribution in [1.82, 2.24) is 0 Å². The van der Waals surface area contributed by atoms with Crippen LogP contribution in [0.3, 0.4) is 0 Å². The number of carboxylic acid groups (broad SMARTS) is 1. The first-order valence-electron chi connectivity index (χ1n) is 47.7. The van der Waals surface area contributed by atoms with Crippen molar-refractivity contribution in [2.75, 3.05) is 76.3 Å². The van der Waals surface area contributed by atoms with Crippen molar-refractivity contribution in [3.05, 3.63) is 248 Å². The zero-order chi connectivity index (χ0) is 90.8. The molecule has 702 valence electrons. The SMILES string of the molecule is BrCCC1(CCBr)OCCO1.C1=CC2(CCC3(CC2)OCCO3)c2ccccc21.C1=Cc2ccccc2C1.CC(C(=O)O)C1CCC2(CCc3ccccc32)CC1.CCOC(=O)C(C)=C1CCC2(C=Cc3ccccc32)CC1.CCOC(=O)C(C)C1CCC2(CCc3ccccc32)CC1.CCOC(=O)CP(=O)(OCC)OCC.O=C1CCC2(C=Cc3ccccc32)CC1.[H+].[H-].[HH].[Li+].[Na+].[OH-]. The number of halogens is 2. The molecule has 2 unspecified atom stereocenters. The van der Waals surface area contributed by atoms with Gasteiger partial charge >= 0.3 is 81.3 Å². The monoisotopic (exact) mass is 1940 g/mol. The minimum absolute atomic E-state index is 0. The van der Waals surface area contributed by atoms with Crippen LogP contribution in [0, 0.1) is 23.7 Å². The van der Waals surface area contributed by atoms with Crippen LogP contribution < -0.4 is 48.4 Å². The van der Waals surface area contributed by atoms with Crippen LogP contribution in [0.5, 0.6) is 0 Å². The molecule has 13 aliphatic rings. The van der Waals surface area contributed by atoms with Gasteiger partial charge in [0.15, 0.2) is 11.6 Å². The summed E-state index contributed by atoms with van der Waals surface area (Å²) in [6, 6.07) is 52.3. The number of fused-ring (bicyclic) bond motifs is 11. The zero-order valence-electron chi connectivity index (χ0n) is 81.6. The second-order valence-electron chi connectivity index (χ2n) is 36.7. The number of alkyl halides is 2. The van der Waals surface area contributed by atoms with E-state index in [0.717, 1.165) is 165 Å². The Morgan fingerprint density at radius 3 is 1.29 bits per heavy atom. The van der Waals surface area contributed by atoms with Crippen molar-refractivity contribution in [2.24, 2.45) is 23.7 Å². The Kier molecular flexibility index (Phi) is 42.7. The third kappa shape index (κ3) is 27.3. The summed E-state index contributed by atoms with van der Waals surface area (Å²) in [5.74, 6) is -0.727. The van der Waals surface area contributed by atoms with Gasteiger partial charge in [0.1, 0.15) is 11.9 Å². The molecule has 17 nitrogen and oxygen atoms in total. The van der Waals surface area contributed by atoms with Gasteiger partial charge in [0, 0.05) is 72.4 Å². The molecule has 6 aromatic rings. The van der Waals surface area contributed by atoms with Crippen molar-refractivity contribution in [1.29, 1.82) is 0 Å². The summed E-state index contributed by atoms with van der Waals surface area (Å²) in [6.07, 6.45) is 47.1. The third-order valence-corrected chi connectivity index (χ3v) is 32.3. The molecular weight excluding hydrogens is 1800 g/mol. The molecule has 0 bridgehead atoms. The number of aliphatic carboxylic acids is 1. The summed E-state index contributed by atoms with van der Waals surface area (Å²) in [7, 11) is -3.28. The van der Waals surface area contributed by atoms with Crippen LogP contribution in [0.15, 0.2) is 181 Å². The Balaban J connectivity index is 0.000000237. The summed E-state index contributed by atoms with van der Waals surface area (Å²) in [5.41, 5.74) is 21.0. The number of allylic oxidation sites excluding steroid dienone is 5. The molecule has 6 spiro atoms. The van der Waals surface area contributed by atoms with Gasteiger partial charge in [-0.15, -0.1) is 0 Å². The Morgan fingerprint density at radius 2 is 0.870 bits per heavy atom. The Labute approximate surface area is 835 Å². The number of rotatable bonds is 18. The fourth-order valence-corrected chi connectivity index (χ4v) is 24.8. The summed E-state index contributed by atoms with van der Waals surface area (Å²) >= 11 is 6.78. The summed E-state index contributed by atoms with van der Waals surface area (Å²) < 4.78 is 59.3. The van der Waals surface area contributed by atoms with E-state index in [9.17, 15) is 28.5 Å². The van der Waals surface area contributed by atoms with Gasteiger partial charge in [0.25, 0.3) is 0 Å². The van der Waals surface area contributed by atoms with Gasteiger partial charge in [-0.1, -0.05) is 245 Å². The maximum absolute atomic E-state index is 11.9. The molecule has 19 rings (SSSR count). The van der Waals surface area contributed by atoms with Crippen molar-refractivity contribution >= 4 is 93.4 Å². The number of esters is 3. The van der Waals surface area contributed by atoms with Gasteiger partial charge in [-0.25, -0.2) is 4.79 Å². The normalized spacial score (nSPS) is 21.0. The average molecular weight is 1950 g/mol. The molecule has 2 atom stereocenters. The topological polar surface area (TPSA) is 236 Å². The molecule has 6 aromatic carbocycles. The smallest absolute Gasteiger partial charge is 1.00 e. The molecule has 0 radical (unpaired) electrons. The fraction of sp³-hybridized carbons (Fsp3) is 0.532. The number of ether oxygens (including phenoxy) is 7. The molecule has 7 fully saturated rings. The number of ketones is 1. The number of carbonyl (C=O) groups is 5. The Bertz CT molecular complexity index is 4900. The first-order valence-corrected chi connectivity index (χ1v) is 51.7. The Morgan fingerprint density at radius 1 is 0.481 bits per heavy atom. The van der Waals surface area contributed by atoms with Crippen molar-refractivity contribution in [2.45, 2.75) is 267 Å². The van der Waals surface area contributed by atoms with Crippen LogP contribution in [0.1, 0.15) is 281 Å². The summed E-state index contributed by atoms with van der Waals surface area (Å²) in [6.45, 7) is 19.3. The maximum atomic E-state index is 11.9. The molecule has 2 saturated heterocycles. The van der Waals surface area contributed by atoms with E-state index in [1.54, 1.807) is 37.5 Å². The van der Waals surface area contributed by atoms with Crippen molar-refractivity contribution < 1.29 is 134 Å². The van der Waals surface area contributed by atoms with E-state index >= 15 is 0 Å². The van der Waals surface area contributed by atoms with Crippen LogP contribution in [0.2, 0.25) is 0 Å². The minimum atomic E-state index is -3.28.